The number of hydrogen-bond acceptors (Lipinski definition) is 6. The van der Waals surface area contributed by atoms with Crippen molar-refractivity contribution in [2.75, 3.05) is 46.8 Å². The number of carbonyl (C=O) groups is 1. The third-order valence-electron chi connectivity index (χ3n) is 4.79. The van der Waals surface area contributed by atoms with Crippen LogP contribution in [0.1, 0.15) is 11.1 Å². The molecule has 0 radical (unpaired) electrons. The number of ether oxygens (including phenoxy) is 5. The first-order valence-corrected chi connectivity index (χ1v) is 10.1. The Morgan fingerprint density at radius 2 is 1.47 bits per heavy atom. The number of fused-ring (bicyclic) bond motifs is 2. The Balaban J connectivity index is 1.72. The first-order chi connectivity index (χ1) is 14.8. The fourth-order valence-electron chi connectivity index (χ4n) is 3.43. The monoisotopic (exact) mass is 412 g/mol. The molecule has 0 fully saturated rings. The molecule has 1 aliphatic carbocycles. The summed E-state index contributed by atoms with van der Waals surface area (Å²) >= 11 is 0. The van der Waals surface area contributed by atoms with Crippen molar-refractivity contribution >= 4 is 16.7 Å². The van der Waals surface area contributed by atoms with E-state index in [0.29, 0.717) is 33.0 Å². The van der Waals surface area contributed by atoms with E-state index in [4.69, 9.17) is 23.7 Å². The summed E-state index contributed by atoms with van der Waals surface area (Å²) in [6.07, 6.45) is 7.07. The van der Waals surface area contributed by atoms with Gasteiger partial charge in [0.1, 0.15) is 31.3 Å². The molecular formula is C24H28O6. The number of carbonyl (C=O) groups excluding carboxylic acids is 1. The molecular weight excluding hydrogens is 384 g/mol. The van der Waals surface area contributed by atoms with Gasteiger partial charge in [-0.05, 0) is 12.8 Å². The maximum absolute atomic E-state index is 11.0. The lowest BCUT2D eigenvalue weighted by molar-refractivity contribution is -0.139. The van der Waals surface area contributed by atoms with Crippen LogP contribution in [0.15, 0.2) is 49.1 Å². The maximum atomic E-state index is 11.0. The van der Waals surface area contributed by atoms with Gasteiger partial charge in [0.15, 0.2) is 0 Å². The number of esters is 1. The van der Waals surface area contributed by atoms with Crippen LogP contribution in [0, 0.1) is 0 Å². The first-order valence-electron chi connectivity index (χ1n) is 10.1. The summed E-state index contributed by atoms with van der Waals surface area (Å²) in [5.74, 6) is 1.34. The van der Waals surface area contributed by atoms with Crippen LogP contribution in [-0.2, 0) is 31.8 Å². The van der Waals surface area contributed by atoms with E-state index in [-0.39, 0.29) is 6.61 Å². The minimum Gasteiger partial charge on any atom is -0.490 e. The molecule has 2 aromatic carbocycles. The van der Waals surface area contributed by atoms with E-state index < -0.39 is 5.97 Å². The molecule has 3 rings (SSSR count). The molecule has 0 heterocycles. The number of rotatable bonds is 12. The van der Waals surface area contributed by atoms with Crippen LogP contribution in [0.2, 0.25) is 0 Å². The third kappa shape index (κ3) is 5.40. The fraction of sp³-hybridized carbons (Fsp3) is 0.375. The van der Waals surface area contributed by atoms with Gasteiger partial charge >= 0.3 is 5.97 Å². The lowest BCUT2D eigenvalue weighted by Crippen LogP contribution is -2.14. The van der Waals surface area contributed by atoms with E-state index in [0.717, 1.165) is 46.8 Å². The predicted octanol–water partition coefficient (Wildman–Crippen LogP) is 3.64. The Bertz CT molecular complexity index is 902. The smallest absolute Gasteiger partial charge is 0.330 e. The molecule has 0 saturated carbocycles. The van der Waals surface area contributed by atoms with Crippen molar-refractivity contribution in [2.45, 2.75) is 12.8 Å². The number of allylic oxidation sites excluding steroid dienone is 2. The van der Waals surface area contributed by atoms with Crippen LogP contribution in [0.3, 0.4) is 0 Å². The van der Waals surface area contributed by atoms with Crippen molar-refractivity contribution in [3.05, 3.63) is 60.2 Å². The molecule has 0 aromatic heterocycles. The summed E-state index contributed by atoms with van der Waals surface area (Å²) < 4.78 is 27.8. The zero-order valence-electron chi connectivity index (χ0n) is 17.4. The van der Waals surface area contributed by atoms with Crippen molar-refractivity contribution in [3.8, 4) is 11.5 Å². The zero-order valence-corrected chi connectivity index (χ0v) is 17.4. The van der Waals surface area contributed by atoms with Crippen LogP contribution >= 0.6 is 0 Å². The lowest BCUT2D eigenvalue weighted by atomic mass is 9.90. The SMILES string of the molecule is C=CC(=O)OCCOCCOc1c2c(c(OCCOC)c3ccccc13)CC=CC2. The minimum absolute atomic E-state index is 0.196. The molecule has 0 atom stereocenters. The minimum atomic E-state index is -0.450. The molecule has 0 amide bonds. The van der Waals surface area contributed by atoms with E-state index in [2.05, 4.69) is 30.9 Å². The highest BCUT2D eigenvalue weighted by Crippen LogP contribution is 2.43. The van der Waals surface area contributed by atoms with Crippen molar-refractivity contribution in [1.29, 1.82) is 0 Å². The first kappa shape index (κ1) is 21.9. The fourth-order valence-corrected chi connectivity index (χ4v) is 3.43. The van der Waals surface area contributed by atoms with Gasteiger partial charge in [-0.15, -0.1) is 0 Å². The second kappa shape index (κ2) is 11.4. The van der Waals surface area contributed by atoms with Gasteiger partial charge in [0.2, 0.25) is 0 Å². The van der Waals surface area contributed by atoms with Gasteiger partial charge in [0.25, 0.3) is 0 Å². The van der Waals surface area contributed by atoms with E-state index in [9.17, 15) is 4.79 Å². The molecule has 0 bridgehead atoms. The van der Waals surface area contributed by atoms with Crippen LogP contribution in [0.25, 0.3) is 10.8 Å². The van der Waals surface area contributed by atoms with Crippen LogP contribution < -0.4 is 9.47 Å². The highest BCUT2D eigenvalue weighted by Gasteiger charge is 2.22. The Labute approximate surface area is 177 Å². The molecule has 0 N–H and O–H groups in total. The standard InChI is InChI=1S/C24H28O6/c1-3-22(25)28-16-13-27-14-17-30-24-20-10-6-4-8-18(20)23(29-15-12-26-2)19-9-5-7-11-21(19)24/h3-8,10H,1,9,11-17H2,2H3. The number of methoxy groups -OCH3 is 1. The lowest BCUT2D eigenvalue weighted by Gasteiger charge is -2.23. The summed E-state index contributed by atoms with van der Waals surface area (Å²) in [4.78, 5) is 11.0. The molecule has 1 aliphatic rings. The zero-order chi connectivity index (χ0) is 21.2. The second-order valence-electron chi connectivity index (χ2n) is 6.71. The summed E-state index contributed by atoms with van der Waals surface area (Å²) in [5, 5.41) is 2.06. The maximum Gasteiger partial charge on any atom is 0.330 e. The molecule has 2 aromatic rings. The summed E-state index contributed by atoms with van der Waals surface area (Å²) in [6.45, 7) is 5.71. The summed E-state index contributed by atoms with van der Waals surface area (Å²) in [5.41, 5.74) is 2.32. The van der Waals surface area contributed by atoms with Gasteiger partial charge in [0, 0.05) is 35.1 Å². The van der Waals surface area contributed by atoms with E-state index in [1.807, 2.05) is 12.1 Å². The van der Waals surface area contributed by atoms with Crippen LogP contribution in [-0.4, -0.2) is 52.7 Å². The Kier molecular flexibility index (Phi) is 8.30. The van der Waals surface area contributed by atoms with Crippen LogP contribution in [0.5, 0.6) is 11.5 Å². The highest BCUT2D eigenvalue weighted by atomic mass is 16.6. The van der Waals surface area contributed by atoms with E-state index >= 15 is 0 Å². The van der Waals surface area contributed by atoms with E-state index in [1.165, 1.54) is 5.56 Å². The van der Waals surface area contributed by atoms with Gasteiger partial charge < -0.3 is 23.7 Å². The number of hydrogen-bond donors (Lipinski definition) is 0. The van der Waals surface area contributed by atoms with Gasteiger partial charge in [-0.25, -0.2) is 4.79 Å². The molecule has 160 valence electrons. The molecule has 0 aliphatic heterocycles. The van der Waals surface area contributed by atoms with Gasteiger partial charge in [-0.1, -0.05) is 43.0 Å². The molecule has 30 heavy (non-hydrogen) atoms. The normalized spacial score (nSPS) is 12.4. The molecule has 0 spiro atoms. The van der Waals surface area contributed by atoms with E-state index in [1.54, 1.807) is 7.11 Å². The topological polar surface area (TPSA) is 63.2 Å². The Morgan fingerprint density at radius 1 is 0.900 bits per heavy atom. The van der Waals surface area contributed by atoms with Crippen LogP contribution in [0.4, 0.5) is 0 Å². The van der Waals surface area contributed by atoms with Crippen molar-refractivity contribution < 1.29 is 28.5 Å². The van der Waals surface area contributed by atoms with Gasteiger partial charge in [-0.3, -0.25) is 0 Å². The largest absolute Gasteiger partial charge is 0.490 e. The average molecular weight is 412 g/mol. The summed E-state index contributed by atoms with van der Waals surface area (Å²) in [7, 11) is 1.67. The highest BCUT2D eigenvalue weighted by molar-refractivity contribution is 5.96. The van der Waals surface area contributed by atoms with Crippen molar-refractivity contribution in [1.82, 2.24) is 0 Å². The molecule has 0 unspecified atom stereocenters. The van der Waals surface area contributed by atoms with Crippen molar-refractivity contribution in [2.24, 2.45) is 0 Å². The summed E-state index contributed by atoms with van der Waals surface area (Å²) in [6, 6.07) is 8.13. The third-order valence-corrected chi connectivity index (χ3v) is 4.79. The average Bonchev–Trinajstić information content (AvgIpc) is 2.79. The Morgan fingerprint density at radius 3 is 2.03 bits per heavy atom. The van der Waals surface area contributed by atoms with Crippen molar-refractivity contribution in [3.63, 3.8) is 0 Å². The van der Waals surface area contributed by atoms with Gasteiger partial charge in [-0.2, -0.15) is 0 Å². The van der Waals surface area contributed by atoms with Gasteiger partial charge in [0.05, 0.1) is 19.8 Å². The second-order valence-corrected chi connectivity index (χ2v) is 6.71. The molecule has 0 saturated heterocycles. The Hall–Kier alpha value is -2.83. The quantitative estimate of drug-likeness (QED) is 0.230. The molecule has 6 nitrogen and oxygen atoms in total. The number of benzene rings is 2. The molecule has 6 heteroatoms. The predicted molar refractivity (Wildman–Crippen MR) is 115 cm³/mol.